The van der Waals surface area contributed by atoms with E-state index in [0.717, 1.165) is 16.9 Å². The Morgan fingerprint density at radius 1 is 1.48 bits per heavy atom. The van der Waals surface area contributed by atoms with E-state index in [1.165, 1.54) is 18.6 Å². The maximum atomic E-state index is 12.0. The zero-order valence-electron chi connectivity index (χ0n) is 10.9. The van der Waals surface area contributed by atoms with Gasteiger partial charge in [-0.3, -0.25) is 4.79 Å². The van der Waals surface area contributed by atoms with Crippen molar-refractivity contribution in [1.29, 1.82) is 0 Å². The van der Waals surface area contributed by atoms with Gasteiger partial charge in [-0.15, -0.1) is 11.3 Å². The fourth-order valence-electron chi connectivity index (χ4n) is 1.56. The lowest BCUT2D eigenvalue weighted by Crippen LogP contribution is -2.30. The smallest absolute Gasteiger partial charge is 0.291 e. The molecule has 9 heteroatoms. The largest absolute Gasteiger partial charge is 0.380 e. The number of nitrogens with one attached hydrogen (secondary N) is 1. The van der Waals surface area contributed by atoms with Gasteiger partial charge < -0.3 is 4.74 Å². The minimum Gasteiger partial charge on any atom is -0.380 e. The predicted octanol–water partition coefficient (Wildman–Crippen LogP) is 2.06. The molecule has 0 aliphatic heterocycles. The molecule has 0 saturated carbocycles. The second-order valence-electron chi connectivity index (χ2n) is 4.00. The Hall–Kier alpha value is -1.48. The standard InChI is InChI=1S/C12H11ClN2O4S2/c1-19-6-8-3-2-4-9(5-8)11(16)15-21(17,18)12-14-10(13)7-20-12/h2-5,7H,6H2,1H3,(H,15,16). The average molecular weight is 347 g/mol. The van der Waals surface area contributed by atoms with Gasteiger partial charge in [-0.05, 0) is 17.7 Å². The summed E-state index contributed by atoms with van der Waals surface area (Å²) in [7, 11) is -2.49. The van der Waals surface area contributed by atoms with Crippen molar-refractivity contribution in [2.24, 2.45) is 0 Å². The highest BCUT2D eigenvalue weighted by atomic mass is 35.5. The molecule has 1 heterocycles. The maximum Gasteiger partial charge on any atom is 0.291 e. The number of halogens is 1. The predicted molar refractivity (Wildman–Crippen MR) is 78.9 cm³/mol. The average Bonchev–Trinajstić information content (AvgIpc) is 2.86. The highest BCUT2D eigenvalue weighted by Crippen LogP contribution is 2.19. The zero-order chi connectivity index (χ0) is 15.5. The first kappa shape index (κ1) is 15.9. The first-order valence-electron chi connectivity index (χ1n) is 5.68. The summed E-state index contributed by atoms with van der Waals surface area (Å²) in [6, 6.07) is 6.49. The fraction of sp³-hybridized carbons (Fsp3) is 0.167. The minimum atomic E-state index is -4.02. The van der Waals surface area contributed by atoms with Crippen molar-refractivity contribution in [3.8, 4) is 0 Å². The van der Waals surface area contributed by atoms with Crippen molar-refractivity contribution in [3.63, 3.8) is 0 Å². The summed E-state index contributed by atoms with van der Waals surface area (Å²) in [5.74, 6) is -0.737. The third-order valence-corrected chi connectivity index (χ3v) is 5.32. The van der Waals surface area contributed by atoms with Gasteiger partial charge in [-0.1, -0.05) is 23.7 Å². The van der Waals surface area contributed by atoms with Crippen LogP contribution in [0.2, 0.25) is 5.15 Å². The molecule has 1 aromatic heterocycles. The van der Waals surface area contributed by atoms with E-state index in [-0.39, 0.29) is 15.1 Å². The molecule has 2 rings (SSSR count). The van der Waals surface area contributed by atoms with E-state index in [0.29, 0.717) is 6.61 Å². The van der Waals surface area contributed by atoms with Gasteiger partial charge in [0.25, 0.3) is 15.9 Å². The number of ether oxygens (including phenoxy) is 1. The lowest BCUT2D eigenvalue weighted by Gasteiger charge is -2.06. The maximum absolute atomic E-state index is 12.0. The van der Waals surface area contributed by atoms with Crippen LogP contribution in [-0.4, -0.2) is 26.4 Å². The van der Waals surface area contributed by atoms with Crippen molar-refractivity contribution in [2.45, 2.75) is 10.9 Å². The quantitative estimate of drug-likeness (QED) is 0.895. The second-order valence-corrected chi connectivity index (χ2v) is 7.11. The van der Waals surface area contributed by atoms with E-state index in [1.54, 1.807) is 18.2 Å². The molecule has 1 amide bonds. The van der Waals surface area contributed by atoms with Crippen molar-refractivity contribution < 1.29 is 17.9 Å². The van der Waals surface area contributed by atoms with E-state index < -0.39 is 15.9 Å². The monoisotopic (exact) mass is 346 g/mol. The number of rotatable bonds is 5. The van der Waals surface area contributed by atoms with Gasteiger partial charge in [0, 0.05) is 18.1 Å². The Morgan fingerprint density at radius 3 is 2.86 bits per heavy atom. The van der Waals surface area contributed by atoms with Gasteiger partial charge in [0.05, 0.1) is 6.61 Å². The summed E-state index contributed by atoms with van der Waals surface area (Å²) in [4.78, 5) is 15.6. The number of carbonyl (C=O) groups is 1. The molecule has 0 bridgehead atoms. The minimum absolute atomic E-state index is 0.0647. The van der Waals surface area contributed by atoms with Crippen molar-refractivity contribution in [2.75, 3.05) is 7.11 Å². The van der Waals surface area contributed by atoms with E-state index in [1.807, 2.05) is 4.72 Å². The number of carbonyl (C=O) groups excluding carboxylic acids is 1. The van der Waals surface area contributed by atoms with Crippen LogP contribution in [0.1, 0.15) is 15.9 Å². The van der Waals surface area contributed by atoms with Crippen molar-refractivity contribution in [3.05, 3.63) is 45.9 Å². The highest BCUT2D eigenvalue weighted by molar-refractivity contribution is 7.92. The van der Waals surface area contributed by atoms with Gasteiger partial charge in [0.1, 0.15) is 5.15 Å². The van der Waals surface area contributed by atoms with Gasteiger partial charge in [-0.25, -0.2) is 9.71 Å². The lowest BCUT2D eigenvalue weighted by molar-refractivity contribution is 0.0981. The molecule has 0 spiro atoms. The van der Waals surface area contributed by atoms with Gasteiger partial charge >= 0.3 is 0 Å². The summed E-state index contributed by atoms with van der Waals surface area (Å²) in [5.41, 5.74) is 0.982. The molecule has 112 valence electrons. The van der Waals surface area contributed by atoms with Gasteiger partial charge in [0.2, 0.25) is 4.34 Å². The van der Waals surface area contributed by atoms with E-state index in [9.17, 15) is 13.2 Å². The molecular formula is C12H11ClN2O4S2. The van der Waals surface area contributed by atoms with Crippen LogP contribution in [0.4, 0.5) is 0 Å². The first-order valence-corrected chi connectivity index (χ1v) is 8.42. The zero-order valence-corrected chi connectivity index (χ0v) is 13.3. The van der Waals surface area contributed by atoms with Crippen molar-refractivity contribution >= 4 is 38.9 Å². The second kappa shape index (κ2) is 6.52. The van der Waals surface area contributed by atoms with Crippen LogP contribution in [0.25, 0.3) is 0 Å². The van der Waals surface area contributed by atoms with Crippen molar-refractivity contribution in [1.82, 2.24) is 9.71 Å². The molecule has 0 fully saturated rings. The van der Waals surface area contributed by atoms with Crippen LogP contribution >= 0.6 is 22.9 Å². The van der Waals surface area contributed by atoms with Crippen LogP contribution in [0.3, 0.4) is 0 Å². The Morgan fingerprint density at radius 2 is 2.24 bits per heavy atom. The summed E-state index contributed by atoms with van der Waals surface area (Å²) >= 11 is 6.42. The van der Waals surface area contributed by atoms with Gasteiger partial charge in [-0.2, -0.15) is 8.42 Å². The Bertz CT molecular complexity index is 758. The summed E-state index contributed by atoms with van der Waals surface area (Å²) < 4.78 is 30.6. The van der Waals surface area contributed by atoms with Crippen LogP contribution in [-0.2, 0) is 21.4 Å². The number of methoxy groups -OCH3 is 1. The number of benzene rings is 1. The molecule has 0 radical (unpaired) electrons. The summed E-state index contributed by atoms with van der Waals surface area (Å²) in [6.45, 7) is 0.329. The van der Waals surface area contributed by atoms with E-state index >= 15 is 0 Å². The molecule has 0 saturated heterocycles. The first-order chi connectivity index (χ1) is 9.92. The highest BCUT2D eigenvalue weighted by Gasteiger charge is 2.22. The molecule has 21 heavy (non-hydrogen) atoms. The number of amides is 1. The molecule has 0 atom stereocenters. The number of hydrogen-bond acceptors (Lipinski definition) is 6. The number of thiazole rings is 1. The summed E-state index contributed by atoms with van der Waals surface area (Å²) in [6.07, 6.45) is 0. The molecule has 0 unspecified atom stereocenters. The summed E-state index contributed by atoms with van der Waals surface area (Å²) in [5, 5.41) is 1.44. The molecule has 1 aromatic carbocycles. The topological polar surface area (TPSA) is 85.4 Å². The Kier molecular flexibility index (Phi) is 4.94. The normalized spacial score (nSPS) is 11.3. The number of aromatic nitrogens is 1. The van der Waals surface area contributed by atoms with Crippen LogP contribution < -0.4 is 4.72 Å². The van der Waals surface area contributed by atoms with Crippen LogP contribution in [0, 0.1) is 0 Å². The molecule has 6 nitrogen and oxygen atoms in total. The molecular weight excluding hydrogens is 336 g/mol. The number of hydrogen-bond donors (Lipinski definition) is 1. The lowest BCUT2D eigenvalue weighted by atomic mass is 10.1. The van der Waals surface area contributed by atoms with Crippen LogP contribution in [0.15, 0.2) is 34.0 Å². The number of sulfonamides is 1. The molecule has 2 aromatic rings. The SMILES string of the molecule is COCc1cccc(C(=O)NS(=O)(=O)c2nc(Cl)cs2)c1. The fourth-order valence-corrected chi connectivity index (χ4v) is 3.72. The van der Waals surface area contributed by atoms with E-state index in [2.05, 4.69) is 4.98 Å². The van der Waals surface area contributed by atoms with Gasteiger partial charge in [0.15, 0.2) is 0 Å². The molecule has 0 aliphatic carbocycles. The third-order valence-electron chi connectivity index (χ3n) is 2.41. The van der Waals surface area contributed by atoms with Crippen LogP contribution in [0.5, 0.6) is 0 Å². The molecule has 0 aliphatic rings. The Balaban J connectivity index is 2.19. The Labute approximate surface area is 130 Å². The number of nitrogens with zero attached hydrogens (tertiary/aromatic N) is 1. The molecule has 1 N–H and O–H groups in total. The van der Waals surface area contributed by atoms with E-state index in [4.69, 9.17) is 16.3 Å². The third kappa shape index (κ3) is 4.01.